The van der Waals surface area contributed by atoms with Crippen LogP contribution in [-0.4, -0.2) is 25.6 Å². The third-order valence-electron chi connectivity index (χ3n) is 2.14. The summed E-state index contributed by atoms with van der Waals surface area (Å²) >= 11 is 0. The molecule has 2 N–H and O–H groups in total. The third kappa shape index (κ3) is 2.13. The molecule has 0 radical (unpaired) electrons. The lowest BCUT2D eigenvalue weighted by Crippen LogP contribution is -2.30. The van der Waals surface area contributed by atoms with Gasteiger partial charge in [0, 0.05) is 12.2 Å². The van der Waals surface area contributed by atoms with Gasteiger partial charge in [-0.05, 0) is 33.8 Å². The van der Waals surface area contributed by atoms with Crippen molar-refractivity contribution in [2.75, 3.05) is 0 Å². The number of nitrogens with zero attached hydrogens (tertiary/aromatic N) is 2. The number of aliphatic hydroxyl groups excluding tert-OH is 1. The molecule has 0 amide bonds. The van der Waals surface area contributed by atoms with Crippen LogP contribution in [0.2, 0.25) is 0 Å². The molecule has 1 unspecified atom stereocenters. The molecule has 1 heterocycles. The molecule has 0 saturated carbocycles. The molecule has 1 atom stereocenters. The van der Waals surface area contributed by atoms with Crippen LogP contribution in [0.3, 0.4) is 0 Å². The van der Waals surface area contributed by atoms with Crippen molar-refractivity contribution in [1.82, 2.24) is 9.78 Å². The highest BCUT2D eigenvalue weighted by molar-refractivity contribution is 5.09. The van der Waals surface area contributed by atoms with Gasteiger partial charge < -0.3 is 10.2 Å². The minimum atomic E-state index is -1.15. The molecule has 14 heavy (non-hydrogen) atoms. The van der Waals surface area contributed by atoms with Crippen molar-refractivity contribution < 1.29 is 10.2 Å². The molecule has 1 rings (SSSR count). The first-order chi connectivity index (χ1) is 6.34. The van der Waals surface area contributed by atoms with E-state index in [0.29, 0.717) is 5.69 Å². The first-order valence-corrected chi connectivity index (χ1v) is 4.78. The van der Waals surface area contributed by atoms with Crippen molar-refractivity contribution >= 4 is 0 Å². The molecule has 0 fully saturated rings. The summed E-state index contributed by atoms with van der Waals surface area (Å²) in [6, 6.07) is 1.90. The zero-order valence-electron chi connectivity index (χ0n) is 9.10. The lowest BCUT2D eigenvalue weighted by molar-refractivity contribution is -0.0542. The van der Waals surface area contributed by atoms with Crippen LogP contribution < -0.4 is 0 Å². The van der Waals surface area contributed by atoms with Crippen molar-refractivity contribution in [3.8, 4) is 0 Å². The van der Waals surface area contributed by atoms with Crippen molar-refractivity contribution in [3.05, 3.63) is 18.0 Å². The number of aromatic nitrogens is 2. The lowest BCUT2D eigenvalue weighted by atomic mass is 9.99. The van der Waals surface area contributed by atoms with E-state index in [9.17, 15) is 10.2 Å². The van der Waals surface area contributed by atoms with Crippen LogP contribution >= 0.6 is 0 Å². The summed E-state index contributed by atoms with van der Waals surface area (Å²) in [6.07, 6.45) is 0.719. The molecular formula is C10H18N2O2. The van der Waals surface area contributed by atoms with Gasteiger partial charge in [0.25, 0.3) is 0 Å². The number of hydrogen-bond donors (Lipinski definition) is 2. The summed E-state index contributed by atoms with van der Waals surface area (Å²) in [5.41, 5.74) is -0.500. The minimum absolute atomic E-state index is 0.178. The Balaban J connectivity index is 3.01. The zero-order valence-corrected chi connectivity index (χ0v) is 9.10. The standard InChI is InChI=1S/C10H18N2O2/c1-7(2)12-8(5-6-11-12)9(13)10(3,4)14/h5-7,9,13-14H,1-4H3. The summed E-state index contributed by atoms with van der Waals surface area (Å²) in [7, 11) is 0. The summed E-state index contributed by atoms with van der Waals surface area (Å²) in [6.45, 7) is 7.12. The van der Waals surface area contributed by atoms with E-state index in [4.69, 9.17) is 0 Å². The van der Waals surface area contributed by atoms with Crippen molar-refractivity contribution in [2.24, 2.45) is 0 Å². The molecule has 4 heteroatoms. The topological polar surface area (TPSA) is 58.3 Å². The van der Waals surface area contributed by atoms with Crippen LogP contribution in [0.15, 0.2) is 12.3 Å². The van der Waals surface area contributed by atoms with Gasteiger partial charge in [-0.15, -0.1) is 0 Å². The van der Waals surface area contributed by atoms with Gasteiger partial charge >= 0.3 is 0 Å². The second kappa shape index (κ2) is 3.71. The predicted octanol–water partition coefficient (Wildman–Crippen LogP) is 1.27. The van der Waals surface area contributed by atoms with Gasteiger partial charge in [0.1, 0.15) is 6.10 Å². The van der Waals surface area contributed by atoms with Crippen LogP contribution in [0, 0.1) is 0 Å². The molecule has 0 spiro atoms. The second-order valence-electron chi connectivity index (χ2n) is 4.35. The molecule has 0 bridgehead atoms. The van der Waals surface area contributed by atoms with Gasteiger partial charge in [-0.1, -0.05) is 0 Å². The molecule has 0 aromatic carbocycles. The van der Waals surface area contributed by atoms with Crippen LogP contribution in [0.1, 0.15) is 45.5 Å². The maximum absolute atomic E-state index is 9.86. The van der Waals surface area contributed by atoms with E-state index in [0.717, 1.165) is 0 Å². The van der Waals surface area contributed by atoms with Crippen LogP contribution in [0.5, 0.6) is 0 Å². The van der Waals surface area contributed by atoms with E-state index >= 15 is 0 Å². The van der Waals surface area contributed by atoms with Crippen molar-refractivity contribution in [3.63, 3.8) is 0 Å². The Labute approximate surface area is 84.2 Å². The summed E-state index contributed by atoms with van der Waals surface area (Å²) in [5.74, 6) is 0. The number of hydrogen-bond acceptors (Lipinski definition) is 3. The molecular weight excluding hydrogens is 180 g/mol. The average Bonchev–Trinajstić information content (AvgIpc) is 2.48. The highest BCUT2D eigenvalue weighted by atomic mass is 16.3. The fourth-order valence-electron chi connectivity index (χ4n) is 1.33. The zero-order chi connectivity index (χ0) is 10.9. The van der Waals surface area contributed by atoms with E-state index < -0.39 is 11.7 Å². The molecule has 0 aliphatic carbocycles. The lowest BCUT2D eigenvalue weighted by Gasteiger charge is -2.26. The van der Waals surface area contributed by atoms with Gasteiger partial charge in [0.05, 0.1) is 11.3 Å². The fraction of sp³-hybridized carbons (Fsp3) is 0.700. The van der Waals surface area contributed by atoms with Crippen LogP contribution in [0.4, 0.5) is 0 Å². The minimum Gasteiger partial charge on any atom is -0.387 e. The van der Waals surface area contributed by atoms with E-state index in [1.807, 2.05) is 13.8 Å². The normalized spacial score (nSPS) is 14.8. The summed E-state index contributed by atoms with van der Waals surface area (Å²) in [5, 5.41) is 23.6. The van der Waals surface area contributed by atoms with Gasteiger partial charge in [-0.3, -0.25) is 4.68 Å². The molecule has 0 aliphatic heterocycles. The largest absolute Gasteiger partial charge is 0.387 e. The summed E-state index contributed by atoms with van der Waals surface area (Å²) in [4.78, 5) is 0. The van der Waals surface area contributed by atoms with Crippen LogP contribution in [-0.2, 0) is 0 Å². The Morgan fingerprint density at radius 2 is 2.00 bits per heavy atom. The number of rotatable bonds is 3. The highest BCUT2D eigenvalue weighted by Crippen LogP contribution is 2.26. The monoisotopic (exact) mass is 198 g/mol. The van der Waals surface area contributed by atoms with Gasteiger partial charge in [0.15, 0.2) is 0 Å². The maximum Gasteiger partial charge on any atom is 0.124 e. The highest BCUT2D eigenvalue weighted by Gasteiger charge is 2.29. The quantitative estimate of drug-likeness (QED) is 0.769. The molecule has 0 aliphatic rings. The molecule has 80 valence electrons. The fourth-order valence-corrected chi connectivity index (χ4v) is 1.33. The van der Waals surface area contributed by atoms with E-state index in [-0.39, 0.29) is 6.04 Å². The second-order valence-corrected chi connectivity index (χ2v) is 4.35. The SMILES string of the molecule is CC(C)n1nccc1C(O)C(C)(C)O. The molecule has 4 nitrogen and oxygen atoms in total. The Morgan fingerprint density at radius 1 is 1.43 bits per heavy atom. The Hall–Kier alpha value is -0.870. The van der Waals surface area contributed by atoms with Gasteiger partial charge in [-0.2, -0.15) is 5.10 Å². The Morgan fingerprint density at radius 3 is 2.43 bits per heavy atom. The first kappa shape index (κ1) is 11.2. The third-order valence-corrected chi connectivity index (χ3v) is 2.14. The van der Waals surface area contributed by atoms with E-state index in [2.05, 4.69) is 5.10 Å². The van der Waals surface area contributed by atoms with Crippen molar-refractivity contribution in [1.29, 1.82) is 0 Å². The average molecular weight is 198 g/mol. The van der Waals surface area contributed by atoms with E-state index in [1.165, 1.54) is 0 Å². The van der Waals surface area contributed by atoms with E-state index in [1.54, 1.807) is 30.8 Å². The maximum atomic E-state index is 9.86. The van der Waals surface area contributed by atoms with Crippen molar-refractivity contribution in [2.45, 2.75) is 45.4 Å². The molecule has 0 saturated heterocycles. The Kier molecular flexibility index (Phi) is 2.97. The summed E-state index contributed by atoms with van der Waals surface area (Å²) < 4.78 is 1.71. The van der Waals surface area contributed by atoms with Gasteiger partial charge in [0.2, 0.25) is 0 Å². The molecule has 1 aromatic rings. The van der Waals surface area contributed by atoms with Gasteiger partial charge in [-0.25, -0.2) is 0 Å². The smallest absolute Gasteiger partial charge is 0.124 e. The Bertz CT molecular complexity index is 299. The first-order valence-electron chi connectivity index (χ1n) is 4.78. The number of aliphatic hydroxyl groups is 2. The van der Waals surface area contributed by atoms with Crippen LogP contribution in [0.25, 0.3) is 0 Å². The predicted molar refractivity (Wildman–Crippen MR) is 53.9 cm³/mol. The molecule has 1 aromatic heterocycles.